The molecule has 5 nitrogen and oxygen atoms in total. The van der Waals surface area contributed by atoms with Crippen molar-refractivity contribution in [3.8, 4) is 16.3 Å². The van der Waals surface area contributed by atoms with Gasteiger partial charge in [-0.3, -0.25) is 4.99 Å². The van der Waals surface area contributed by atoms with E-state index >= 15 is 0 Å². The number of hydrogen-bond donors (Lipinski definition) is 0. The minimum atomic E-state index is 0.583. The zero-order valence-electron chi connectivity index (χ0n) is 14.4. The molecule has 0 fully saturated rings. The Balaban J connectivity index is 1.97. The fourth-order valence-corrected chi connectivity index (χ4v) is 4.51. The van der Waals surface area contributed by atoms with Crippen LogP contribution in [0.2, 0.25) is 0 Å². The Morgan fingerprint density at radius 3 is 2.62 bits per heavy atom. The van der Waals surface area contributed by atoms with Crippen LogP contribution in [0.3, 0.4) is 0 Å². The Morgan fingerprint density at radius 2 is 1.96 bits per heavy atom. The molecule has 0 unspecified atom stereocenters. The quantitative estimate of drug-likeness (QED) is 0.392. The van der Waals surface area contributed by atoms with Gasteiger partial charge in [0, 0.05) is 12.5 Å². The van der Waals surface area contributed by atoms with Crippen molar-refractivity contribution in [3.05, 3.63) is 55.9 Å². The fraction of sp³-hybridized carbons (Fsp3) is 0.222. The zero-order valence-corrected chi connectivity index (χ0v) is 17.6. The van der Waals surface area contributed by atoms with E-state index in [2.05, 4.69) is 37.5 Å². The van der Waals surface area contributed by atoms with Gasteiger partial charge in [-0.2, -0.15) is 5.10 Å². The first kappa shape index (κ1) is 19.0. The smallest absolute Gasteiger partial charge is 0.206 e. The van der Waals surface area contributed by atoms with Gasteiger partial charge in [-0.05, 0) is 57.9 Å². The second-order valence-corrected chi connectivity index (χ2v) is 8.51. The number of methoxy groups -OCH3 is 2. The lowest BCUT2D eigenvalue weighted by molar-refractivity contribution is 0.207. The molecule has 0 saturated carbocycles. The molecule has 0 spiro atoms. The van der Waals surface area contributed by atoms with Crippen LogP contribution in [0.4, 0.5) is 0 Å². The normalized spacial score (nSPS) is 12.2. The van der Waals surface area contributed by atoms with Crippen LogP contribution in [0.25, 0.3) is 10.6 Å². The summed E-state index contributed by atoms with van der Waals surface area (Å²) in [6.07, 6.45) is 1.83. The minimum Gasteiger partial charge on any atom is -0.497 e. The van der Waals surface area contributed by atoms with Crippen LogP contribution in [0.15, 0.2) is 55.7 Å². The maximum Gasteiger partial charge on any atom is 0.206 e. The van der Waals surface area contributed by atoms with Crippen LogP contribution >= 0.6 is 38.6 Å². The molecule has 0 radical (unpaired) electrons. The first-order valence-electron chi connectivity index (χ1n) is 7.85. The first-order valence-corrected chi connectivity index (χ1v) is 10.3. The van der Waals surface area contributed by atoms with Crippen molar-refractivity contribution in [3.63, 3.8) is 0 Å². The Morgan fingerprint density at radius 1 is 1.15 bits per heavy atom. The van der Waals surface area contributed by atoms with E-state index in [1.807, 2.05) is 41.2 Å². The van der Waals surface area contributed by atoms with Crippen LogP contribution in [-0.4, -0.2) is 38.3 Å². The summed E-state index contributed by atoms with van der Waals surface area (Å²) in [7, 11) is 3.33. The van der Waals surface area contributed by atoms with Crippen molar-refractivity contribution in [2.45, 2.75) is 0 Å². The number of thiophene rings is 1. The van der Waals surface area contributed by atoms with Crippen LogP contribution in [0.1, 0.15) is 5.56 Å². The van der Waals surface area contributed by atoms with Crippen LogP contribution in [0.5, 0.6) is 5.75 Å². The SMILES string of the molecule is COCCN=c1scc(-c2ccc(Br)s2)n1/N=C/c1ccc(OC)cc1. The van der Waals surface area contributed by atoms with Crippen LogP contribution in [-0.2, 0) is 4.74 Å². The number of rotatable bonds is 7. The highest BCUT2D eigenvalue weighted by molar-refractivity contribution is 9.11. The number of aromatic nitrogens is 1. The van der Waals surface area contributed by atoms with Crippen molar-refractivity contribution in [1.82, 2.24) is 4.68 Å². The molecule has 136 valence electrons. The summed E-state index contributed by atoms with van der Waals surface area (Å²) in [5.41, 5.74) is 2.01. The van der Waals surface area contributed by atoms with E-state index in [1.54, 1.807) is 36.9 Å². The molecule has 3 rings (SSSR count). The molecular formula is C18H18BrN3O2S2. The van der Waals surface area contributed by atoms with Crippen molar-refractivity contribution in [2.24, 2.45) is 10.1 Å². The molecule has 0 aliphatic heterocycles. The summed E-state index contributed by atoms with van der Waals surface area (Å²) >= 11 is 6.76. The second kappa shape index (κ2) is 9.27. The number of halogens is 1. The fourth-order valence-electron chi connectivity index (χ4n) is 2.19. The lowest BCUT2D eigenvalue weighted by Crippen LogP contribution is -2.13. The Bertz CT molecular complexity index is 942. The summed E-state index contributed by atoms with van der Waals surface area (Å²) < 4.78 is 13.3. The Kier molecular flexibility index (Phi) is 6.79. The Hall–Kier alpha value is -1.74. The van der Waals surface area contributed by atoms with E-state index in [1.165, 1.54) is 0 Å². The van der Waals surface area contributed by atoms with Gasteiger partial charge in [-0.1, -0.05) is 0 Å². The number of ether oxygens (including phenoxy) is 2. The molecule has 2 heterocycles. The summed E-state index contributed by atoms with van der Waals surface area (Å²) in [5, 5.41) is 6.75. The number of hydrogen-bond acceptors (Lipinski definition) is 6. The molecule has 0 aliphatic carbocycles. The molecule has 0 bridgehead atoms. The summed E-state index contributed by atoms with van der Waals surface area (Å²) in [6.45, 7) is 1.18. The van der Waals surface area contributed by atoms with Gasteiger partial charge in [0.15, 0.2) is 0 Å². The van der Waals surface area contributed by atoms with E-state index in [0.29, 0.717) is 13.2 Å². The number of thiazole rings is 1. The summed E-state index contributed by atoms with van der Waals surface area (Å²) in [4.78, 5) is 6.58. The predicted molar refractivity (Wildman–Crippen MR) is 112 cm³/mol. The van der Waals surface area contributed by atoms with Gasteiger partial charge in [-0.25, -0.2) is 4.68 Å². The van der Waals surface area contributed by atoms with Gasteiger partial charge in [0.25, 0.3) is 0 Å². The highest BCUT2D eigenvalue weighted by atomic mass is 79.9. The molecule has 0 aliphatic rings. The summed E-state index contributed by atoms with van der Waals surface area (Å²) in [5.74, 6) is 0.824. The highest BCUT2D eigenvalue weighted by Crippen LogP contribution is 2.31. The van der Waals surface area contributed by atoms with E-state index in [-0.39, 0.29) is 0 Å². The molecular weight excluding hydrogens is 434 g/mol. The maximum atomic E-state index is 5.19. The largest absolute Gasteiger partial charge is 0.497 e. The van der Waals surface area contributed by atoms with E-state index in [0.717, 1.165) is 30.5 Å². The molecule has 0 N–H and O–H groups in total. The molecule has 2 aromatic heterocycles. The molecule has 1 aromatic carbocycles. The van der Waals surface area contributed by atoms with E-state index in [9.17, 15) is 0 Å². The average Bonchev–Trinajstić information content (AvgIpc) is 3.26. The van der Waals surface area contributed by atoms with Crippen molar-refractivity contribution >= 4 is 44.8 Å². The molecule has 8 heteroatoms. The third-order valence-corrected chi connectivity index (χ3v) is 5.99. The molecule has 26 heavy (non-hydrogen) atoms. The predicted octanol–water partition coefficient (Wildman–Crippen LogP) is 4.48. The van der Waals surface area contributed by atoms with Gasteiger partial charge < -0.3 is 9.47 Å². The standard InChI is InChI=1S/C18H18BrN3O2S2/c1-23-10-9-20-18-22(15(12-25-18)16-7-8-17(19)26-16)21-11-13-3-5-14(24-2)6-4-13/h3-8,11-12H,9-10H2,1-2H3/b20-18?,21-11+. The monoisotopic (exact) mass is 451 g/mol. The van der Waals surface area contributed by atoms with Crippen LogP contribution in [0, 0.1) is 0 Å². The van der Waals surface area contributed by atoms with Crippen molar-refractivity contribution in [2.75, 3.05) is 27.4 Å². The topological polar surface area (TPSA) is 48.1 Å². The Labute approximate surface area is 168 Å². The minimum absolute atomic E-state index is 0.583. The van der Waals surface area contributed by atoms with Gasteiger partial charge in [0.1, 0.15) is 5.75 Å². The maximum absolute atomic E-state index is 5.19. The van der Waals surface area contributed by atoms with E-state index < -0.39 is 0 Å². The average molecular weight is 452 g/mol. The van der Waals surface area contributed by atoms with Gasteiger partial charge >= 0.3 is 0 Å². The van der Waals surface area contributed by atoms with Crippen molar-refractivity contribution < 1.29 is 9.47 Å². The van der Waals surface area contributed by atoms with Gasteiger partial charge in [-0.15, -0.1) is 22.7 Å². The zero-order chi connectivity index (χ0) is 18.4. The van der Waals surface area contributed by atoms with Crippen molar-refractivity contribution in [1.29, 1.82) is 0 Å². The van der Waals surface area contributed by atoms with E-state index in [4.69, 9.17) is 9.47 Å². The lowest BCUT2D eigenvalue weighted by Gasteiger charge is -2.02. The molecule has 0 saturated heterocycles. The van der Waals surface area contributed by atoms with Gasteiger partial charge in [0.05, 0.1) is 40.8 Å². The third kappa shape index (κ3) is 4.70. The second-order valence-electron chi connectivity index (χ2n) is 5.21. The summed E-state index contributed by atoms with van der Waals surface area (Å²) in [6, 6.07) is 11.9. The van der Waals surface area contributed by atoms with Crippen LogP contribution < -0.4 is 9.54 Å². The highest BCUT2D eigenvalue weighted by Gasteiger charge is 2.09. The molecule has 0 amide bonds. The molecule has 3 aromatic rings. The van der Waals surface area contributed by atoms with Gasteiger partial charge in [0.2, 0.25) is 4.80 Å². The first-order chi connectivity index (χ1) is 12.7. The number of benzene rings is 1. The molecule has 0 atom stereocenters. The third-order valence-electron chi connectivity index (χ3n) is 3.49. The lowest BCUT2D eigenvalue weighted by atomic mass is 10.2. The number of nitrogens with zero attached hydrogens (tertiary/aromatic N) is 3.